The molecular weight excluding hydrogens is 296 g/mol. The van der Waals surface area contributed by atoms with E-state index in [-0.39, 0.29) is 0 Å². The van der Waals surface area contributed by atoms with Crippen LogP contribution in [-0.2, 0) is 20.7 Å². The molecular formula is C22H18O2. The van der Waals surface area contributed by atoms with Gasteiger partial charge in [0, 0.05) is 25.3 Å². The summed E-state index contributed by atoms with van der Waals surface area (Å²) < 4.78 is 11.1. The second-order valence-electron chi connectivity index (χ2n) is 5.04. The lowest BCUT2D eigenvalue weighted by Gasteiger charge is -2.24. The zero-order valence-corrected chi connectivity index (χ0v) is 13.7. The molecule has 0 amide bonds. The van der Waals surface area contributed by atoms with Gasteiger partial charge in [0.1, 0.15) is 0 Å². The Morgan fingerprint density at radius 2 is 1.00 bits per heavy atom. The average molecular weight is 314 g/mol. The fourth-order valence-electron chi connectivity index (χ4n) is 2.36. The molecule has 0 N–H and O–H groups in total. The van der Waals surface area contributed by atoms with Crippen molar-refractivity contribution in [1.82, 2.24) is 0 Å². The average Bonchev–Trinajstić information content (AvgIpc) is 2.68. The van der Waals surface area contributed by atoms with E-state index >= 15 is 0 Å². The fourth-order valence-corrected chi connectivity index (χ4v) is 2.36. The number of hydrogen-bond donors (Lipinski definition) is 0. The second kappa shape index (κ2) is 7.54. The van der Waals surface area contributed by atoms with Crippen LogP contribution in [0.15, 0.2) is 60.7 Å². The van der Waals surface area contributed by atoms with Crippen LogP contribution in [0.4, 0.5) is 0 Å². The van der Waals surface area contributed by atoms with Gasteiger partial charge in [-0.25, -0.2) is 0 Å². The predicted molar refractivity (Wildman–Crippen MR) is 95.7 cm³/mol. The zero-order chi connectivity index (χ0) is 17.5. The first-order valence-electron chi connectivity index (χ1n) is 7.37. The maximum absolute atomic E-state index is 5.73. The van der Waals surface area contributed by atoms with Crippen LogP contribution in [0.3, 0.4) is 0 Å². The summed E-state index contributed by atoms with van der Waals surface area (Å²) in [4.78, 5) is 0. The van der Waals surface area contributed by atoms with Crippen molar-refractivity contribution >= 4 is 0 Å². The van der Waals surface area contributed by atoms with E-state index < -0.39 is 11.2 Å². The van der Waals surface area contributed by atoms with E-state index in [9.17, 15) is 0 Å². The lowest BCUT2D eigenvalue weighted by atomic mass is 9.90. The minimum absolute atomic E-state index is 0.762. The molecule has 24 heavy (non-hydrogen) atoms. The number of rotatable bonds is 4. The summed E-state index contributed by atoms with van der Waals surface area (Å²) in [5.74, 6) is 11.3. The summed E-state index contributed by atoms with van der Waals surface area (Å²) in [6, 6.07) is 18.8. The molecule has 0 aromatic heterocycles. The highest BCUT2D eigenvalue weighted by Gasteiger charge is 2.31. The van der Waals surface area contributed by atoms with Crippen LogP contribution in [0.25, 0.3) is 0 Å². The minimum atomic E-state index is -1.20. The van der Waals surface area contributed by atoms with Gasteiger partial charge in [-0.1, -0.05) is 72.5 Å². The van der Waals surface area contributed by atoms with E-state index in [1.54, 1.807) is 0 Å². The largest absolute Gasteiger partial charge is 0.351 e. The van der Waals surface area contributed by atoms with Crippen molar-refractivity contribution in [2.45, 2.75) is 11.2 Å². The monoisotopic (exact) mass is 314 g/mol. The van der Waals surface area contributed by atoms with E-state index in [1.165, 1.54) is 14.2 Å². The van der Waals surface area contributed by atoms with Crippen LogP contribution in [-0.4, -0.2) is 14.2 Å². The molecule has 2 aromatic rings. The van der Waals surface area contributed by atoms with E-state index in [0.717, 1.165) is 11.1 Å². The molecule has 2 heteroatoms. The summed E-state index contributed by atoms with van der Waals surface area (Å²) >= 11 is 0. The van der Waals surface area contributed by atoms with Crippen LogP contribution in [0, 0.1) is 36.5 Å². The van der Waals surface area contributed by atoms with E-state index in [4.69, 9.17) is 22.3 Å². The molecule has 0 saturated carbocycles. The summed E-state index contributed by atoms with van der Waals surface area (Å²) in [7, 11) is 3.04. The Kier molecular flexibility index (Phi) is 5.47. The molecule has 2 rings (SSSR count). The standard InChI is InChI=1S/C22H18O2/c1-5-21(23-3,19-13-9-7-10-14-19)17-18-22(6-2,24-4)20-15-11-8-12-16-20/h1-2,7-16H,3-4H3. The Bertz CT molecular complexity index is 746. The third kappa shape index (κ3) is 3.19. The third-order valence-corrected chi connectivity index (χ3v) is 3.79. The molecule has 0 spiro atoms. The smallest absolute Gasteiger partial charge is 0.216 e. The first-order valence-corrected chi connectivity index (χ1v) is 7.37. The van der Waals surface area contributed by atoms with Crippen molar-refractivity contribution in [1.29, 1.82) is 0 Å². The summed E-state index contributed by atoms with van der Waals surface area (Å²) in [5.41, 5.74) is -0.872. The Balaban J connectivity index is 2.58. The molecule has 0 aliphatic heterocycles. The number of terminal acetylenes is 2. The summed E-state index contributed by atoms with van der Waals surface area (Å²) in [5, 5.41) is 0. The summed E-state index contributed by atoms with van der Waals surface area (Å²) in [6.45, 7) is 0. The van der Waals surface area contributed by atoms with Crippen LogP contribution in [0.1, 0.15) is 11.1 Å². The van der Waals surface area contributed by atoms with Crippen molar-refractivity contribution < 1.29 is 9.47 Å². The highest BCUT2D eigenvalue weighted by molar-refractivity contribution is 5.47. The van der Waals surface area contributed by atoms with Crippen molar-refractivity contribution in [3.8, 4) is 36.5 Å². The molecule has 118 valence electrons. The Morgan fingerprint density at radius 1 is 0.667 bits per heavy atom. The summed E-state index contributed by atoms with van der Waals surface area (Å²) in [6.07, 6.45) is 11.5. The van der Waals surface area contributed by atoms with Gasteiger partial charge in [-0.15, -0.1) is 12.8 Å². The molecule has 2 nitrogen and oxygen atoms in total. The van der Waals surface area contributed by atoms with Gasteiger partial charge in [0.25, 0.3) is 0 Å². The first-order chi connectivity index (χ1) is 11.7. The Labute approximate surface area is 143 Å². The van der Waals surface area contributed by atoms with Gasteiger partial charge in [-0.05, 0) is 11.8 Å². The quantitative estimate of drug-likeness (QED) is 0.806. The molecule has 2 unspecified atom stereocenters. The van der Waals surface area contributed by atoms with Crippen LogP contribution >= 0.6 is 0 Å². The van der Waals surface area contributed by atoms with Gasteiger partial charge in [-0.3, -0.25) is 0 Å². The SMILES string of the molecule is C#CC(C#CC(C#C)(OC)c1ccccc1)(OC)c1ccccc1. The maximum atomic E-state index is 5.73. The van der Waals surface area contributed by atoms with Gasteiger partial charge in [-0.2, -0.15) is 0 Å². The number of hydrogen-bond acceptors (Lipinski definition) is 2. The van der Waals surface area contributed by atoms with Gasteiger partial charge in [0.2, 0.25) is 11.2 Å². The number of ether oxygens (including phenoxy) is 2. The fraction of sp³-hybridized carbons (Fsp3) is 0.182. The van der Waals surface area contributed by atoms with Crippen LogP contribution < -0.4 is 0 Å². The van der Waals surface area contributed by atoms with Crippen molar-refractivity contribution in [2.75, 3.05) is 14.2 Å². The molecule has 0 radical (unpaired) electrons. The molecule has 0 saturated heterocycles. The molecule has 2 atom stereocenters. The molecule has 0 aliphatic rings. The van der Waals surface area contributed by atoms with Gasteiger partial charge in [0.05, 0.1) is 0 Å². The van der Waals surface area contributed by atoms with Crippen LogP contribution in [0.2, 0.25) is 0 Å². The highest BCUT2D eigenvalue weighted by atomic mass is 16.5. The Hall–Kier alpha value is -2.96. The molecule has 0 heterocycles. The normalized spacial score (nSPS) is 14.8. The van der Waals surface area contributed by atoms with Gasteiger partial charge in [0.15, 0.2) is 0 Å². The van der Waals surface area contributed by atoms with E-state index in [2.05, 4.69) is 23.7 Å². The number of benzene rings is 2. The topological polar surface area (TPSA) is 18.5 Å². The lowest BCUT2D eigenvalue weighted by Crippen LogP contribution is -2.28. The van der Waals surface area contributed by atoms with Crippen molar-refractivity contribution in [3.63, 3.8) is 0 Å². The molecule has 0 fully saturated rings. The van der Waals surface area contributed by atoms with E-state index in [1.807, 2.05) is 60.7 Å². The van der Waals surface area contributed by atoms with Gasteiger partial charge < -0.3 is 9.47 Å². The lowest BCUT2D eigenvalue weighted by molar-refractivity contribution is 0.0803. The minimum Gasteiger partial charge on any atom is -0.351 e. The second-order valence-corrected chi connectivity index (χ2v) is 5.04. The molecule has 2 aromatic carbocycles. The van der Waals surface area contributed by atoms with Crippen molar-refractivity contribution in [2.24, 2.45) is 0 Å². The van der Waals surface area contributed by atoms with Gasteiger partial charge >= 0.3 is 0 Å². The maximum Gasteiger partial charge on any atom is 0.216 e. The molecule has 0 aliphatic carbocycles. The number of methoxy groups -OCH3 is 2. The van der Waals surface area contributed by atoms with Crippen LogP contribution in [0.5, 0.6) is 0 Å². The highest BCUT2D eigenvalue weighted by Crippen LogP contribution is 2.27. The Morgan fingerprint density at radius 3 is 1.25 bits per heavy atom. The zero-order valence-electron chi connectivity index (χ0n) is 13.7. The third-order valence-electron chi connectivity index (χ3n) is 3.79. The predicted octanol–water partition coefficient (Wildman–Crippen LogP) is 3.34. The van der Waals surface area contributed by atoms with E-state index in [0.29, 0.717) is 0 Å². The molecule has 0 bridgehead atoms. The first kappa shape index (κ1) is 17.4. The van der Waals surface area contributed by atoms with Crippen molar-refractivity contribution in [3.05, 3.63) is 71.8 Å².